The average Bonchev–Trinajstić information content (AvgIpc) is 3.38. The molecule has 6 nitrogen and oxygen atoms in total. The Bertz CT molecular complexity index is 1060. The molecular formula is C17H14N4O2S3. The standard InChI is InChI=1S/C17H14N4O2S3/c1-10-19-20-17(26-10)25-9-12-11-5-3-4-6-13(11)23-14(12)15(22)21(2)16-18-7-8-24-16/h3-8H,9H2,1-2H3. The van der Waals surface area contributed by atoms with Gasteiger partial charge in [0.25, 0.3) is 5.91 Å². The molecule has 0 aliphatic rings. The zero-order chi connectivity index (χ0) is 18.1. The molecule has 4 rings (SSSR count). The van der Waals surface area contributed by atoms with Crippen LogP contribution in [0.1, 0.15) is 21.1 Å². The van der Waals surface area contributed by atoms with Gasteiger partial charge >= 0.3 is 0 Å². The van der Waals surface area contributed by atoms with E-state index in [2.05, 4.69) is 15.2 Å². The maximum absolute atomic E-state index is 13.0. The highest BCUT2D eigenvalue weighted by molar-refractivity contribution is 8.00. The van der Waals surface area contributed by atoms with Gasteiger partial charge in [-0.3, -0.25) is 9.69 Å². The highest BCUT2D eigenvalue weighted by Crippen LogP contribution is 2.34. The largest absolute Gasteiger partial charge is 0.451 e. The molecule has 0 aliphatic carbocycles. The Labute approximate surface area is 161 Å². The highest BCUT2D eigenvalue weighted by Gasteiger charge is 2.25. The molecule has 0 radical (unpaired) electrons. The van der Waals surface area contributed by atoms with Gasteiger partial charge in [-0.1, -0.05) is 41.3 Å². The second-order valence-corrected chi connectivity index (χ2v) is 8.74. The Hall–Kier alpha value is -2.23. The molecule has 0 aliphatic heterocycles. The van der Waals surface area contributed by atoms with Crippen LogP contribution in [0.2, 0.25) is 0 Å². The number of thioether (sulfide) groups is 1. The summed E-state index contributed by atoms with van der Waals surface area (Å²) in [5.74, 6) is 0.719. The Balaban J connectivity index is 1.70. The van der Waals surface area contributed by atoms with Crippen molar-refractivity contribution in [2.75, 3.05) is 11.9 Å². The van der Waals surface area contributed by atoms with E-state index < -0.39 is 0 Å². The first-order valence-electron chi connectivity index (χ1n) is 7.74. The van der Waals surface area contributed by atoms with E-state index in [-0.39, 0.29) is 5.91 Å². The lowest BCUT2D eigenvalue weighted by Gasteiger charge is -2.12. The van der Waals surface area contributed by atoms with Crippen LogP contribution in [-0.2, 0) is 5.75 Å². The molecule has 9 heteroatoms. The van der Waals surface area contributed by atoms with Crippen LogP contribution in [0.25, 0.3) is 11.0 Å². The van der Waals surface area contributed by atoms with Crippen LogP contribution in [0, 0.1) is 6.92 Å². The van der Waals surface area contributed by atoms with Gasteiger partial charge in [-0.2, -0.15) is 0 Å². The first kappa shape index (κ1) is 17.2. The molecule has 3 heterocycles. The molecule has 0 atom stereocenters. The number of anilines is 1. The summed E-state index contributed by atoms with van der Waals surface area (Å²) in [6.45, 7) is 1.92. The number of rotatable bonds is 5. The van der Waals surface area contributed by atoms with Crippen molar-refractivity contribution in [1.82, 2.24) is 15.2 Å². The Morgan fingerprint density at radius 1 is 1.31 bits per heavy atom. The van der Waals surface area contributed by atoms with Gasteiger partial charge in [0.05, 0.1) is 0 Å². The van der Waals surface area contributed by atoms with E-state index >= 15 is 0 Å². The molecule has 0 spiro atoms. The maximum atomic E-state index is 13.0. The molecule has 0 unspecified atom stereocenters. The number of aromatic nitrogens is 3. The number of amides is 1. The number of furan rings is 1. The van der Waals surface area contributed by atoms with E-state index in [1.54, 1.807) is 36.3 Å². The monoisotopic (exact) mass is 402 g/mol. The van der Waals surface area contributed by atoms with Crippen molar-refractivity contribution in [3.8, 4) is 0 Å². The smallest absolute Gasteiger partial charge is 0.295 e. The summed E-state index contributed by atoms with van der Waals surface area (Å²) < 4.78 is 6.79. The van der Waals surface area contributed by atoms with Gasteiger partial charge in [0.15, 0.2) is 15.2 Å². The van der Waals surface area contributed by atoms with Gasteiger partial charge in [-0.15, -0.1) is 21.5 Å². The van der Waals surface area contributed by atoms with Crippen LogP contribution in [0.3, 0.4) is 0 Å². The summed E-state index contributed by atoms with van der Waals surface area (Å²) in [5, 5.41) is 12.5. The van der Waals surface area contributed by atoms with Gasteiger partial charge in [0.1, 0.15) is 10.6 Å². The summed E-state index contributed by atoms with van der Waals surface area (Å²) in [7, 11) is 1.71. The lowest BCUT2D eigenvalue weighted by atomic mass is 10.1. The minimum atomic E-state index is -0.208. The van der Waals surface area contributed by atoms with Crippen molar-refractivity contribution in [3.05, 3.63) is 52.2 Å². The fraction of sp³-hybridized carbons (Fsp3) is 0.176. The minimum Gasteiger partial charge on any atom is -0.451 e. The van der Waals surface area contributed by atoms with Crippen LogP contribution in [-0.4, -0.2) is 28.1 Å². The molecule has 4 aromatic rings. The predicted octanol–water partition coefficient (Wildman–Crippen LogP) is 4.62. The van der Waals surface area contributed by atoms with Gasteiger partial charge in [-0.05, 0) is 13.0 Å². The highest BCUT2D eigenvalue weighted by atomic mass is 32.2. The fourth-order valence-corrected chi connectivity index (χ4v) is 4.96. The van der Waals surface area contributed by atoms with Gasteiger partial charge in [0, 0.05) is 35.3 Å². The SMILES string of the molecule is Cc1nnc(SCc2c(C(=O)N(C)c3nccs3)oc3ccccc23)s1. The first-order valence-corrected chi connectivity index (χ1v) is 10.4. The van der Waals surface area contributed by atoms with Crippen molar-refractivity contribution in [2.45, 2.75) is 17.0 Å². The Morgan fingerprint density at radius 3 is 2.88 bits per heavy atom. The summed E-state index contributed by atoms with van der Waals surface area (Å²) >= 11 is 4.51. The second kappa shape index (κ2) is 7.18. The third-order valence-electron chi connectivity index (χ3n) is 3.75. The molecular weight excluding hydrogens is 388 g/mol. The quantitative estimate of drug-likeness (QED) is 0.454. The van der Waals surface area contributed by atoms with E-state index in [9.17, 15) is 4.79 Å². The lowest BCUT2D eigenvalue weighted by molar-refractivity contribution is 0.0967. The first-order chi connectivity index (χ1) is 12.6. The summed E-state index contributed by atoms with van der Waals surface area (Å²) in [4.78, 5) is 18.7. The molecule has 1 amide bonds. The maximum Gasteiger partial charge on any atom is 0.295 e. The zero-order valence-corrected chi connectivity index (χ0v) is 16.5. The fourth-order valence-electron chi connectivity index (χ4n) is 2.51. The number of nitrogens with zero attached hydrogens (tertiary/aromatic N) is 4. The third-order valence-corrected chi connectivity index (χ3v) is 6.60. The van der Waals surface area contributed by atoms with Crippen molar-refractivity contribution in [2.24, 2.45) is 0 Å². The molecule has 0 saturated carbocycles. The molecule has 0 saturated heterocycles. The van der Waals surface area contributed by atoms with Gasteiger partial charge < -0.3 is 4.42 Å². The van der Waals surface area contributed by atoms with E-state index in [0.29, 0.717) is 22.2 Å². The molecule has 1 aromatic carbocycles. The average molecular weight is 403 g/mol. The van der Waals surface area contributed by atoms with Crippen LogP contribution >= 0.6 is 34.4 Å². The number of carbonyl (C=O) groups excluding carboxylic acids is 1. The van der Waals surface area contributed by atoms with E-state index in [4.69, 9.17) is 4.42 Å². The normalized spacial score (nSPS) is 11.2. The number of carbonyl (C=O) groups is 1. The number of fused-ring (bicyclic) bond motifs is 1. The van der Waals surface area contributed by atoms with Crippen molar-refractivity contribution in [1.29, 1.82) is 0 Å². The predicted molar refractivity (Wildman–Crippen MR) is 105 cm³/mol. The van der Waals surface area contributed by atoms with Crippen LogP contribution in [0.15, 0.2) is 44.6 Å². The van der Waals surface area contributed by atoms with Crippen LogP contribution < -0.4 is 4.90 Å². The minimum absolute atomic E-state index is 0.208. The Kier molecular flexibility index (Phi) is 4.75. The number of thiazole rings is 1. The number of para-hydroxylation sites is 1. The summed E-state index contributed by atoms with van der Waals surface area (Å²) in [6.07, 6.45) is 1.68. The molecule has 0 fully saturated rings. The molecule has 0 N–H and O–H groups in total. The third kappa shape index (κ3) is 3.25. The molecule has 26 heavy (non-hydrogen) atoms. The topological polar surface area (TPSA) is 72.1 Å². The Morgan fingerprint density at radius 2 is 2.15 bits per heavy atom. The second-order valence-electron chi connectivity index (χ2n) is 5.46. The number of benzene rings is 1. The lowest BCUT2D eigenvalue weighted by Crippen LogP contribution is -2.26. The van der Waals surface area contributed by atoms with E-state index in [0.717, 1.165) is 20.3 Å². The van der Waals surface area contributed by atoms with Crippen LogP contribution in [0.4, 0.5) is 5.13 Å². The summed E-state index contributed by atoms with van der Waals surface area (Å²) in [6, 6.07) is 7.69. The van der Waals surface area contributed by atoms with Crippen LogP contribution in [0.5, 0.6) is 0 Å². The van der Waals surface area contributed by atoms with E-state index in [1.807, 2.05) is 36.6 Å². The number of hydrogen-bond donors (Lipinski definition) is 0. The summed E-state index contributed by atoms with van der Waals surface area (Å²) in [5.41, 5.74) is 1.57. The van der Waals surface area contributed by atoms with Crippen molar-refractivity contribution in [3.63, 3.8) is 0 Å². The van der Waals surface area contributed by atoms with Gasteiger partial charge in [0.2, 0.25) is 0 Å². The van der Waals surface area contributed by atoms with Gasteiger partial charge in [-0.25, -0.2) is 4.98 Å². The van der Waals surface area contributed by atoms with Crippen molar-refractivity contribution >= 4 is 56.4 Å². The van der Waals surface area contributed by atoms with Crippen molar-refractivity contribution < 1.29 is 9.21 Å². The molecule has 0 bridgehead atoms. The van der Waals surface area contributed by atoms with E-state index in [1.165, 1.54) is 16.2 Å². The molecule has 132 valence electrons. The zero-order valence-electron chi connectivity index (χ0n) is 14.0. The number of hydrogen-bond acceptors (Lipinski definition) is 8. The molecule has 3 aromatic heterocycles. The number of aryl methyl sites for hydroxylation is 1.